The highest BCUT2D eigenvalue weighted by molar-refractivity contribution is 5.28. The van der Waals surface area contributed by atoms with Crippen LogP contribution in [0.5, 0.6) is 0 Å². The van der Waals surface area contributed by atoms with E-state index in [1.54, 1.807) is 23.4 Å². The summed E-state index contributed by atoms with van der Waals surface area (Å²) in [6.45, 7) is 2.46. The van der Waals surface area contributed by atoms with Gasteiger partial charge < -0.3 is 0 Å². The first-order chi connectivity index (χ1) is 11.1. The van der Waals surface area contributed by atoms with Gasteiger partial charge in [0.25, 0.3) is 0 Å². The second-order valence-corrected chi connectivity index (χ2v) is 5.46. The van der Waals surface area contributed by atoms with Gasteiger partial charge in [0.1, 0.15) is 24.3 Å². The molecular weight excluding hydrogens is 298 g/mol. The largest absolute Gasteiger partial charge is 0.265 e. The van der Waals surface area contributed by atoms with Crippen molar-refractivity contribution in [3.8, 4) is 0 Å². The summed E-state index contributed by atoms with van der Waals surface area (Å²) in [5.74, 6) is -1.33. The van der Waals surface area contributed by atoms with Gasteiger partial charge in [0.2, 0.25) is 0 Å². The van der Waals surface area contributed by atoms with E-state index < -0.39 is 11.6 Å². The van der Waals surface area contributed by atoms with Crippen LogP contribution in [0.2, 0.25) is 0 Å². The van der Waals surface area contributed by atoms with E-state index in [1.165, 1.54) is 18.5 Å². The molecule has 0 saturated heterocycles. The molecule has 23 heavy (non-hydrogen) atoms. The third kappa shape index (κ3) is 3.41. The predicted octanol–water partition coefficient (Wildman–Crippen LogP) is 3.54. The van der Waals surface area contributed by atoms with Crippen molar-refractivity contribution in [3.05, 3.63) is 78.1 Å². The predicted molar refractivity (Wildman–Crippen MR) is 81.8 cm³/mol. The topological polar surface area (TPSA) is 43.6 Å². The van der Waals surface area contributed by atoms with Gasteiger partial charge in [-0.25, -0.2) is 13.8 Å². The van der Waals surface area contributed by atoms with Gasteiger partial charge in [0.05, 0.1) is 6.54 Å². The molecule has 0 amide bonds. The van der Waals surface area contributed by atoms with Crippen molar-refractivity contribution in [2.45, 2.75) is 25.3 Å². The molecule has 0 spiro atoms. The van der Waals surface area contributed by atoms with Crippen molar-refractivity contribution in [2.75, 3.05) is 0 Å². The smallest absolute Gasteiger partial charge is 0.137 e. The Balaban J connectivity index is 1.99. The second-order valence-electron chi connectivity index (χ2n) is 5.46. The van der Waals surface area contributed by atoms with Gasteiger partial charge in [-0.2, -0.15) is 5.10 Å². The van der Waals surface area contributed by atoms with E-state index in [9.17, 15) is 8.78 Å². The lowest BCUT2D eigenvalue weighted by Gasteiger charge is -2.25. The molecule has 0 fully saturated rings. The quantitative estimate of drug-likeness (QED) is 0.723. The molecule has 0 aliphatic carbocycles. The van der Waals surface area contributed by atoms with Crippen molar-refractivity contribution in [1.82, 2.24) is 19.7 Å². The lowest BCUT2D eigenvalue weighted by Crippen LogP contribution is -2.17. The normalized spacial score (nSPS) is 13.7. The number of aromatic nitrogens is 4. The summed E-state index contributed by atoms with van der Waals surface area (Å²) in [7, 11) is 0. The number of pyridine rings is 1. The first-order valence-corrected chi connectivity index (χ1v) is 7.32. The Morgan fingerprint density at radius 3 is 2.52 bits per heavy atom. The molecule has 1 aromatic carbocycles. The van der Waals surface area contributed by atoms with Crippen molar-refractivity contribution < 1.29 is 8.78 Å². The highest BCUT2D eigenvalue weighted by Crippen LogP contribution is 2.35. The number of benzene rings is 1. The van der Waals surface area contributed by atoms with Crippen LogP contribution in [0.1, 0.15) is 29.9 Å². The average Bonchev–Trinajstić information content (AvgIpc) is 3.07. The summed E-state index contributed by atoms with van der Waals surface area (Å²) in [5, 5.41) is 4.10. The molecule has 2 unspecified atom stereocenters. The zero-order valence-corrected chi connectivity index (χ0v) is 12.6. The molecule has 118 valence electrons. The van der Waals surface area contributed by atoms with Crippen LogP contribution in [-0.2, 0) is 6.54 Å². The number of hydrogen-bond acceptors (Lipinski definition) is 3. The fourth-order valence-corrected chi connectivity index (χ4v) is 2.76. The molecule has 3 rings (SSSR count). The number of nitrogens with zero attached hydrogens (tertiary/aromatic N) is 4. The van der Waals surface area contributed by atoms with Gasteiger partial charge >= 0.3 is 0 Å². The highest BCUT2D eigenvalue weighted by atomic mass is 19.1. The fraction of sp³-hybridized carbons (Fsp3) is 0.235. The molecule has 0 aliphatic heterocycles. The van der Waals surface area contributed by atoms with Crippen molar-refractivity contribution >= 4 is 0 Å². The standard InChI is InChI=1S/C17H16F2N4/c1-12(13-4-6-20-7-5-13)16(9-23-11-21-10-22-23)15-3-2-14(18)8-17(15)19/h2-8,10-12,16H,9H2,1H3. The molecule has 2 atom stereocenters. The molecule has 0 bridgehead atoms. The third-order valence-corrected chi connectivity index (χ3v) is 4.05. The Labute approximate surface area is 132 Å². The molecule has 4 nitrogen and oxygen atoms in total. The maximum absolute atomic E-state index is 14.3. The van der Waals surface area contributed by atoms with E-state index in [0.717, 1.165) is 11.6 Å². The Morgan fingerprint density at radius 2 is 1.87 bits per heavy atom. The van der Waals surface area contributed by atoms with E-state index in [0.29, 0.717) is 12.1 Å². The van der Waals surface area contributed by atoms with Gasteiger partial charge in [-0.05, 0) is 35.2 Å². The van der Waals surface area contributed by atoms with Crippen LogP contribution in [0.3, 0.4) is 0 Å². The van der Waals surface area contributed by atoms with E-state index in [1.807, 2.05) is 19.1 Å². The highest BCUT2D eigenvalue weighted by Gasteiger charge is 2.25. The summed E-state index contributed by atoms with van der Waals surface area (Å²) in [4.78, 5) is 7.94. The summed E-state index contributed by atoms with van der Waals surface area (Å²) < 4.78 is 29.2. The SMILES string of the molecule is CC(c1ccncc1)C(Cn1cncn1)c1ccc(F)cc1F. The van der Waals surface area contributed by atoms with Gasteiger partial charge in [-0.3, -0.25) is 9.67 Å². The molecule has 0 saturated carbocycles. The maximum atomic E-state index is 14.3. The van der Waals surface area contributed by atoms with Crippen molar-refractivity contribution in [2.24, 2.45) is 0 Å². The number of hydrogen-bond donors (Lipinski definition) is 0. The summed E-state index contributed by atoms with van der Waals surface area (Å²) in [5.41, 5.74) is 1.50. The van der Waals surface area contributed by atoms with Gasteiger partial charge in [-0.15, -0.1) is 0 Å². The molecule has 0 aliphatic rings. The van der Waals surface area contributed by atoms with Crippen LogP contribution in [0, 0.1) is 11.6 Å². The number of halogens is 2. The molecular formula is C17H16F2N4. The van der Waals surface area contributed by atoms with Gasteiger partial charge in [0.15, 0.2) is 0 Å². The Kier molecular flexibility index (Phi) is 4.41. The maximum Gasteiger partial charge on any atom is 0.137 e. The van der Waals surface area contributed by atoms with Gasteiger partial charge in [0, 0.05) is 24.4 Å². The minimum absolute atomic E-state index is 0.00200. The Hall–Kier alpha value is -2.63. The van der Waals surface area contributed by atoms with E-state index in [4.69, 9.17) is 0 Å². The Morgan fingerprint density at radius 1 is 1.09 bits per heavy atom. The van der Waals surface area contributed by atoms with Crippen molar-refractivity contribution in [3.63, 3.8) is 0 Å². The number of rotatable bonds is 5. The lowest BCUT2D eigenvalue weighted by atomic mass is 9.82. The molecule has 6 heteroatoms. The van der Waals surface area contributed by atoms with E-state index in [2.05, 4.69) is 15.1 Å². The Bertz CT molecular complexity index is 760. The van der Waals surface area contributed by atoms with E-state index in [-0.39, 0.29) is 11.8 Å². The minimum atomic E-state index is -0.581. The summed E-state index contributed by atoms with van der Waals surface area (Å²) in [6, 6.07) is 7.51. The zero-order valence-electron chi connectivity index (χ0n) is 12.6. The fourth-order valence-electron chi connectivity index (χ4n) is 2.76. The molecule has 2 aromatic heterocycles. The average molecular weight is 314 g/mol. The van der Waals surface area contributed by atoms with Crippen LogP contribution >= 0.6 is 0 Å². The van der Waals surface area contributed by atoms with Crippen LogP contribution in [-0.4, -0.2) is 19.7 Å². The van der Waals surface area contributed by atoms with Crippen LogP contribution < -0.4 is 0 Å². The summed E-state index contributed by atoms with van der Waals surface area (Å²) >= 11 is 0. The molecule has 3 aromatic rings. The van der Waals surface area contributed by atoms with Crippen molar-refractivity contribution in [1.29, 1.82) is 0 Å². The minimum Gasteiger partial charge on any atom is -0.265 e. The van der Waals surface area contributed by atoms with E-state index >= 15 is 0 Å². The van der Waals surface area contributed by atoms with Crippen LogP contribution in [0.15, 0.2) is 55.4 Å². The first kappa shape index (κ1) is 15.3. The molecule has 2 heterocycles. The summed E-state index contributed by atoms with van der Waals surface area (Å²) in [6.07, 6.45) is 6.45. The van der Waals surface area contributed by atoms with Crippen LogP contribution in [0.25, 0.3) is 0 Å². The lowest BCUT2D eigenvalue weighted by molar-refractivity contribution is 0.441. The first-order valence-electron chi connectivity index (χ1n) is 7.32. The second kappa shape index (κ2) is 6.64. The third-order valence-electron chi connectivity index (χ3n) is 4.05. The zero-order chi connectivity index (χ0) is 16.2. The molecule has 0 radical (unpaired) electrons. The van der Waals surface area contributed by atoms with Crippen LogP contribution in [0.4, 0.5) is 8.78 Å². The van der Waals surface area contributed by atoms with Gasteiger partial charge in [-0.1, -0.05) is 13.0 Å². The monoisotopic (exact) mass is 314 g/mol. The molecule has 0 N–H and O–H groups in total.